The molecule has 3 unspecified atom stereocenters. The van der Waals surface area contributed by atoms with Crippen LogP contribution >= 0.6 is 0 Å². The average Bonchev–Trinajstić information content (AvgIpc) is 2.53. The summed E-state index contributed by atoms with van der Waals surface area (Å²) < 4.78 is 0. The van der Waals surface area contributed by atoms with Crippen molar-refractivity contribution in [2.75, 3.05) is 32.7 Å². The summed E-state index contributed by atoms with van der Waals surface area (Å²) in [6.45, 7) is 15.7. The second-order valence-corrected chi connectivity index (χ2v) is 8.37. The number of hydrogen-bond donors (Lipinski definition) is 1. The van der Waals surface area contributed by atoms with Crippen molar-refractivity contribution in [3.8, 4) is 0 Å². The lowest BCUT2D eigenvalue weighted by Crippen LogP contribution is -2.47. The predicted octanol–water partition coefficient (Wildman–Crippen LogP) is 3.29. The fraction of sp³-hybridized carbons (Fsp3) is 0.905. The van der Waals surface area contributed by atoms with Crippen molar-refractivity contribution < 1.29 is 9.59 Å². The van der Waals surface area contributed by atoms with Crippen LogP contribution in [0.4, 0.5) is 0 Å². The Balaban J connectivity index is 2.25. The molecule has 0 aromatic heterocycles. The molecule has 1 fully saturated rings. The highest BCUT2D eigenvalue weighted by Gasteiger charge is 2.23. The average molecular weight is 368 g/mol. The largest absolute Gasteiger partial charge is 0.352 e. The lowest BCUT2D eigenvalue weighted by molar-refractivity contribution is -0.131. The van der Waals surface area contributed by atoms with Crippen LogP contribution in [0.3, 0.4) is 0 Å². The zero-order valence-electron chi connectivity index (χ0n) is 17.7. The summed E-state index contributed by atoms with van der Waals surface area (Å²) in [4.78, 5) is 28.8. The molecule has 1 aliphatic heterocycles. The molecule has 1 heterocycles. The molecule has 152 valence electrons. The van der Waals surface area contributed by atoms with Crippen LogP contribution in [0.5, 0.6) is 0 Å². The van der Waals surface area contributed by atoms with Gasteiger partial charge in [0.15, 0.2) is 0 Å². The molecule has 0 bridgehead atoms. The molecule has 1 saturated heterocycles. The van der Waals surface area contributed by atoms with Crippen LogP contribution in [0.1, 0.15) is 73.1 Å². The second kappa shape index (κ2) is 12.3. The van der Waals surface area contributed by atoms with Crippen molar-refractivity contribution in [1.29, 1.82) is 0 Å². The van der Waals surface area contributed by atoms with Gasteiger partial charge in [-0.25, -0.2) is 0 Å². The molecule has 0 aromatic carbocycles. The fourth-order valence-corrected chi connectivity index (χ4v) is 4.18. The van der Waals surface area contributed by atoms with Gasteiger partial charge in [-0.05, 0) is 44.4 Å². The highest BCUT2D eigenvalue weighted by molar-refractivity contribution is 5.79. The van der Waals surface area contributed by atoms with E-state index in [0.717, 1.165) is 57.4 Å². The Bertz CT molecular complexity index is 411. The van der Waals surface area contributed by atoms with Gasteiger partial charge in [0.1, 0.15) is 0 Å². The van der Waals surface area contributed by atoms with Gasteiger partial charge in [0.25, 0.3) is 0 Å². The van der Waals surface area contributed by atoms with Crippen molar-refractivity contribution in [2.24, 2.45) is 11.8 Å². The van der Waals surface area contributed by atoms with Gasteiger partial charge < -0.3 is 15.1 Å². The smallest absolute Gasteiger partial charge is 0.222 e. The standard InChI is InChI=1S/C21H41N3O2/c1-6-11-24(12-7-2)21(26)10-8-9-20(25)22-19(5)16-23-14-17(3)13-18(4)15-23/h17-19H,6-16H2,1-5H3,(H,22,25). The van der Waals surface area contributed by atoms with Crippen molar-refractivity contribution in [2.45, 2.75) is 79.2 Å². The number of amides is 2. The second-order valence-electron chi connectivity index (χ2n) is 8.37. The van der Waals surface area contributed by atoms with Gasteiger partial charge in [0.2, 0.25) is 11.8 Å². The molecule has 0 aliphatic carbocycles. The number of nitrogens with zero attached hydrogens (tertiary/aromatic N) is 2. The normalized spacial score (nSPS) is 22.0. The summed E-state index contributed by atoms with van der Waals surface area (Å²) in [7, 11) is 0. The van der Waals surface area contributed by atoms with Crippen LogP contribution in [0.15, 0.2) is 0 Å². The van der Waals surface area contributed by atoms with E-state index in [-0.39, 0.29) is 17.9 Å². The van der Waals surface area contributed by atoms with Gasteiger partial charge in [-0.2, -0.15) is 0 Å². The van der Waals surface area contributed by atoms with Crippen LogP contribution in [-0.2, 0) is 9.59 Å². The minimum absolute atomic E-state index is 0.0703. The molecule has 0 aromatic rings. The first-order chi connectivity index (χ1) is 12.3. The molecule has 0 spiro atoms. The van der Waals surface area contributed by atoms with E-state index >= 15 is 0 Å². The number of carbonyl (C=O) groups excluding carboxylic acids is 2. The summed E-state index contributed by atoms with van der Waals surface area (Å²) in [5, 5.41) is 3.10. The monoisotopic (exact) mass is 367 g/mol. The van der Waals surface area contributed by atoms with Gasteiger partial charge in [0, 0.05) is 51.6 Å². The quantitative estimate of drug-likeness (QED) is 0.610. The predicted molar refractivity (Wildman–Crippen MR) is 108 cm³/mol. The number of carbonyl (C=O) groups is 2. The van der Waals surface area contributed by atoms with E-state index in [2.05, 4.69) is 44.8 Å². The third kappa shape index (κ3) is 9.02. The molecule has 5 nitrogen and oxygen atoms in total. The van der Waals surface area contributed by atoms with E-state index < -0.39 is 0 Å². The minimum Gasteiger partial charge on any atom is -0.352 e. The maximum Gasteiger partial charge on any atom is 0.222 e. The van der Waals surface area contributed by atoms with E-state index in [1.165, 1.54) is 6.42 Å². The maximum atomic E-state index is 12.2. The molecule has 1 aliphatic rings. The summed E-state index contributed by atoms with van der Waals surface area (Å²) >= 11 is 0. The van der Waals surface area contributed by atoms with E-state index in [0.29, 0.717) is 19.3 Å². The first kappa shape index (κ1) is 22.9. The highest BCUT2D eigenvalue weighted by atomic mass is 16.2. The molecular weight excluding hydrogens is 326 g/mol. The van der Waals surface area contributed by atoms with Crippen LogP contribution in [0.25, 0.3) is 0 Å². The van der Waals surface area contributed by atoms with Gasteiger partial charge in [-0.15, -0.1) is 0 Å². The maximum absolute atomic E-state index is 12.2. The van der Waals surface area contributed by atoms with Gasteiger partial charge in [-0.3, -0.25) is 9.59 Å². The highest BCUT2D eigenvalue weighted by Crippen LogP contribution is 2.20. The van der Waals surface area contributed by atoms with Gasteiger partial charge in [-0.1, -0.05) is 27.7 Å². The molecule has 0 radical (unpaired) electrons. The summed E-state index contributed by atoms with van der Waals surface area (Å²) in [5.41, 5.74) is 0. The van der Waals surface area contributed by atoms with Gasteiger partial charge in [0.05, 0.1) is 0 Å². The SMILES string of the molecule is CCCN(CCC)C(=O)CCCC(=O)NC(C)CN1CC(C)CC(C)C1. The van der Waals surface area contributed by atoms with Crippen molar-refractivity contribution in [1.82, 2.24) is 15.1 Å². The van der Waals surface area contributed by atoms with Crippen LogP contribution in [0.2, 0.25) is 0 Å². The molecule has 2 amide bonds. The molecule has 26 heavy (non-hydrogen) atoms. The topological polar surface area (TPSA) is 52.7 Å². The third-order valence-electron chi connectivity index (χ3n) is 5.02. The van der Waals surface area contributed by atoms with E-state index in [1.54, 1.807) is 0 Å². The number of rotatable bonds is 11. The molecule has 0 saturated carbocycles. The summed E-state index contributed by atoms with van der Waals surface area (Å²) in [6.07, 6.45) is 4.82. The number of nitrogens with one attached hydrogen (secondary N) is 1. The molecule has 3 atom stereocenters. The number of hydrogen-bond acceptors (Lipinski definition) is 3. The third-order valence-corrected chi connectivity index (χ3v) is 5.02. The van der Waals surface area contributed by atoms with Crippen LogP contribution in [0, 0.1) is 11.8 Å². The minimum atomic E-state index is 0.0703. The van der Waals surface area contributed by atoms with Crippen molar-refractivity contribution in [3.63, 3.8) is 0 Å². The Morgan fingerprint density at radius 2 is 1.65 bits per heavy atom. The Hall–Kier alpha value is -1.10. The van der Waals surface area contributed by atoms with E-state index in [1.807, 2.05) is 4.90 Å². The summed E-state index contributed by atoms with van der Waals surface area (Å²) in [6, 6.07) is 0.160. The number of likely N-dealkylation sites (tertiary alicyclic amines) is 1. The van der Waals surface area contributed by atoms with Crippen molar-refractivity contribution >= 4 is 11.8 Å². The van der Waals surface area contributed by atoms with E-state index in [9.17, 15) is 9.59 Å². The molecule has 1 N–H and O–H groups in total. The Labute approximate surface area is 160 Å². The first-order valence-electron chi connectivity index (χ1n) is 10.6. The lowest BCUT2D eigenvalue weighted by Gasteiger charge is -2.36. The molecule has 5 heteroatoms. The lowest BCUT2D eigenvalue weighted by atomic mass is 9.92. The van der Waals surface area contributed by atoms with Crippen molar-refractivity contribution in [3.05, 3.63) is 0 Å². The number of piperidine rings is 1. The zero-order valence-corrected chi connectivity index (χ0v) is 17.7. The Morgan fingerprint density at radius 1 is 1.08 bits per heavy atom. The van der Waals surface area contributed by atoms with E-state index in [4.69, 9.17) is 0 Å². The van der Waals surface area contributed by atoms with Crippen LogP contribution < -0.4 is 5.32 Å². The van der Waals surface area contributed by atoms with Gasteiger partial charge >= 0.3 is 0 Å². The molecular formula is C21H41N3O2. The van der Waals surface area contributed by atoms with Crippen LogP contribution in [-0.4, -0.2) is 60.4 Å². The Kier molecular flexibility index (Phi) is 10.9. The Morgan fingerprint density at radius 3 is 2.19 bits per heavy atom. The fourth-order valence-electron chi connectivity index (χ4n) is 4.18. The summed E-state index contributed by atoms with van der Waals surface area (Å²) in [5.74, 6) is 1.73. The molecule has 1 rings (SSSR count). The first-order valence-corrected chi connectivity index (χ1v) is 10.6. The zero-order chi connectivity index (χ0) is 19.5.